The summed E-state index contributed by atoms with van der Waals surface area (Å²) in [5.74, 6) is 0.514. The van der Waals surface area contributed by atoms with E-state index < -0.39 is 6.03 Å². The third-order valence-electron chi connectivity index (χ3n) is 4.33. The van der Waals surface area contributed by atoms with E-state index in [-0.39, 0.29) is 11.9 Å². The number of hydrogen-bond donors (Lipinski definition) is 3. The molecule has 0 bridgehead atoms. The minimum absolute atomic E-state index is 0.263. The van der Waals surface area contributed by atoms with Crippen LogP contribution in [-0.2, 0) is 0 Å². The molecule has 0 aromatic heterocycles. The van der Waals surface area contributed by atoms with Crippen LogP contribution in [0.4, 0.5) is 10.5 Å². The van der Waals surface area contributed by atoms with Crippen molar-refractivity contribution in [2.45, 2.75) is 13.0 Å². The molecule has 1 unspecified atom stereocenters. The van der Waals surface area contributed by atoms with Gasteiger partial charge in [0.05, 0.1) is 12.6 Å². The van der Waals surface area contributed by atoms with E-state index in [0.717, 1.165) is 16.9 Å². The van der Waals surface area contributed by atoms with Crippen molar-refractivity contribution in [3.05, 3.63) is 95.6 Å². The smallest absolute Gasteiger partial charge is 0.316 e. The Labute approximate surface area is 169 Å². The number of hydrogen-bond acceptors (Lipinski definition) is 3. The van der Waals surface area contributed by atoms with Gasteiger partial charge in [0, 0.05) is 11.3 Å². The monoisotopic (exact) mass is 389 g/mol. The number of nitrogens with one attached hydrogen (secondary N) is 2. The Bertz CT molecular complexity index is 972. The van der Waals surface area contributed by atoms with E-state index in [1.54, 1.807) is 24.3 Å². The Morgan fingerprint density at radius 1 is 0.931 bits per heavy atom. The highest BCUT2D eigenvalue weighted by atomic mass is 16.5. The summed E-state index contributed by atoms with van der Waals surface area (Å²) in [5, 5.41) is 5.55. The SMILES string of the molecule is CCOc1ccc(C(NC(=O)c2cccc(NC(N)=O)c2)c2ccccc2)cc1. The predicted molar refractivity (Wildman–Crippen MR) is 113 cm³/mol. The number of urea groups is 1. The van der Waals surface area contributed by atoms with Crippen molar-refractivity contribution >= 4 is 17.6 Å². The fourth-order valence-corrected chi connectivity index (χ4v) is 3.02. The molecule has 0 fully saturated rings. The molecule has 1 atom stereocenters. The number of anilines is 1. The van der Waals surface area contributed by atoms with E-state index in [1.165, 1.54) is 0 Å². The van der Waals surface area contributed by atoms with Crippen LogP contribution in [0.3, 0.4) is 0 Å². The predicted octanol–water partition coefficient (Wildman–Crippen LogP) is 4.10. The molecule has 0 radical (unpaired) electrons. The van der Waals surface area contributed by atoms with Crippen LogP contribution in [0.25, 0.3) is 0 Å². The van der Waals surface area contributed by atoms with Gasteiger partial charge in [0.15, 0.2) is 0 Å². The molecule has 0 heterocycles. The van der Waals surface area contributed by atoms with Gasteiger partial charge in [-0.2, -0.15) is 0 Å². The first-order valence-corrected chi connectivity index (χ1v) is 9.32. The molecule has 3 aromatic carbocycles. The quantitative estimate of drug-likeness (QED) is 0.568. The van der Waals surface area contributed by atoms with Gasteiger partial charge < -0.3 is 21.1 Å². The first-order valence-electron chi connectivity index (χ1n) is 9.32. The molecule has 0 saturated heterocycles. The second kappa shape index (κ2) is 9.41. The van der Waals surface area contributed by atoms with E-state index in [9.17, 15) is 9.59 Å². The second-order valence-corrected chi connectivity index (χ2v) is 6.39. The second-order valence-electron chi connectivity index (χ2n) is 6.39. The largest absolute Gasteiger partial charge is 0.494 e. The van der Waals surface area contributed by atoms with Crippen molar-refractivity contribution in [3.8, 4) is 5.75 Å². The molecular weight excluding hydrogens is 366 g/mol. The van der Waals surface area contributed by atoms with E-state index in [2.05, 4.69) is 10.6 Å². The van der Waals surface area contributed by atoms with Gasteiger partial charge in [-0.3, -0.25) is 4.79 Å². The summed E-state index contributed by atoms with van der Waals surface area (Å²) >= 11 is 0. The molecule has 0 saturated carbocycles. The standard InChI is InChI=1S/C23H23N3O3/c1-2-29-20-13-11-17(12-14-20)21(16-7-4-3-5-8-16)26-22(27)18-9-6-10-19(15-18)25-23(24)28/h3-15,21H,2H2,1H3,(H,26,27)(H3,24,25,28). The van der Waals surface area contributed by atoms with Gasteiger partial charge in [0.25, 0.3) is 5.91 Å². The molecule has 3 rings (SSSR count). The number of rotatable bonds is 7. The Morgan fingerprint density at radius 3 is 2.28 bits per heavy atom. The van der Waals surface area contributed by atoms with E-state index in [1.807, 2.05) is 61.5 Å². The molecule has 0 aliphatic carbocycles. The molecule has 3 aromatic rings. The van der Waals surface area contributed by atoms with Crippen molar-refractivity contribution in [2.24, 2.45) is 5.73 Å². The zero-order chi connectivity index (χ0) is 20.6. The number of carbonyl (C=O) groups excluding carboxylic acids is 2. The maximum Gasteiger partial charge on any atom is 0.316 e. The Balaban J connectivity index is 1.87. The summed E-state index contributed by atoms with van der Waals surface area (Å²) in [7, 11) is 0. The van der Waals surface area contributed by atoms with E-state index in [4.69, 9.17) is 10.5 Å². The highest BCUT2D eigenvalue weighted by Gasteiger charge is 2.18. The summed E-state index contributed by atoms with van der Waals surface area (Å²) in [6, 6.07) is 23.0. The summed E-state index contributed by atoms with van der Waals surface area (Å²) < 4.78 is 5.51. The van der Waals surface area contributed by atoms with Gasteiger partial charge in [-0.1, -0.05) is 48.5 Å². The molecule has 6 heteroatoms. The Morgan fingerprint density at radius 2 is 1.62 bits per heavy atom. The van der Waals surface area contributed by atoms with E-state index in [0.29, 0.717) is 17.9 Å². The molecule has 29 heavy (non-hydrogen) atoms. The van der Waals surface area contributed by atoms with Crippen molar-refractivity contribution in [1.82, 2.24) is 5.32 Å². The minimum atomic E-state index is -0.681. The maximum atomic E-state index is 12.9. The summed E-state index contributed by atoms with van der Waals surface area (Å²) in [4.78, 5) is 24.0. The first-order chi connectivity index (χ1) is 14.1. The average molecular weight is 389 g/mol. The minimum Gasteiger partial charge on any atom is -0.494 e. The van der Waals surface area contributed by atoms with Gasteiger partial charge >= 0.3 is 6.03 Å². The third kappa shape index (κ3) is 5.35. The van der Waals surface area contributed by atoms with Crippen LogP contribution in [0.15, 0.2) is 78.9 Å². The zero-order valence-electron chi connectivity index (χ0n) is 16.1. The number of carbonyl (C=O) groups is 2. The summed E-state index contributed by atoms with van der Waals surface area (Å²) in [5.41, 5.74) is 7.92. The Kier molecular flexibility index (Phi) is 6.47. The topological polar surface area (TPSA) is 93.4 Å². The molecule has 0 aliphatic heterocycles. The average Bonchev–Trinajstić information content (AvgIpc) is 2.73. The van der Waals surface area contributed by atoms with Crippen LogP contribution in [-0.4, -0.2) is 18.5 Å². The molecule has 0 aliphatic rings. The van der Waals surface area contributed by atoms with Gasteiger partial charge in [0.1, 0.15) is 5.75 Å². The number of amides is 3. The van der Waals surface area contributed by atoms with Crippen LogP contribution < -0.4 is 21.1 Å². The lowest BCUT2D eigenvalue weighted by atomic mass is 9.98. The Hall–Kier alpha value is -3.80. The van der Waals surface area contributed by atoms with Crippen molar-refractivity contribution in [1.29, 1.82) is 0 Å². The lowest BCUT2D eigenvalue weighted by molar-refractivity contribution is 0.0943. The number of nitrogens with two attached hydrogens (primary N) is 1. The fourth-order valence-electron chi connectivity index (χ4n) is 3.02. The zero-order valence-corrected chi connectivity index (χ0v) is 16.1. The van der Waals surface area contributed by atoms with Gasteiger partial charge in [-0.05, 0) is 48.4 Å². The fraction of sp³-hybridized carbons (Fsp3) is 0.130. The van der Waals surface area contributed by atoms with Crippen LogP contribution in [0, 0.1) is 0 Å². The maximum absolute atomic E-state index is 12.9. The summed E-state index contributed by atoms with van der Waals surface area (Å²) in [6.07, 6.45) is 0. The number of primary amides is 1. The summed E-state index contributed by atoms with van der Waals surface area (Å²) in [6.45, 7) is 2.52. The first kappa shape index (κ1) is 19.9. The third-order valence-corrected chi connectivity index (χ3v) is 4.33. The molecule has 3 amide bonds. The van der Waals surface area contributed by atoms with E-state index >= 15 is 0 Å². The molecule has 0 spiro atoms. The van der Waals surface area contributed by atoms with Crippen LogP contribution in [0.2, 0.25) is 0 Å². The lowest BCUT2D eigenvalue weighted by Crippen LogP contribution is -2.29. The highest BCUT2D eigenvalue weighted by molar-refractivity contribution is 5.97. The molecule has 148 valence electrons. The number of ether oxygens (including phenoxy) is 1. The van der Waals surface area contributed by atoms with Crippen LogP contribution in [0.5, 0.6) is 5.75 Å². The normalized spacial score (nSPS) is 11.3. The molecular formula is C23H23N3O3. The molecule has 6 nitrogen and oxygen atoms in total. The van der Waals surface area contributed by atoms with Crippen LogP contribution in [0.1, 0.15) is 34.5 Å². The van der Waals surface area contributed by atoms with Gasteiger partial charge in [-0.15, -0.1) is 0 Å². The highest BCUT2D eigenvalue weighted by Crippen LogP contribution is 2.25. The van der Waals surface area contributed by atoms with Gasteiger partial charge in [0.2, 0.25) is 0 Å². The lowest BCUT2D eigenvalue weighted by Gasteiger charge is -2.20. The van der Waals surface area contributed by atoms with Crippen molar-refractivity contribution < 1.29 is 14.3 Å². The van der Waals surface area contributed by atoms with Gasteiger partial charge in [-0.25, -0.2) is 4.79 Å². The number of benzene rings is 3. The van der Waals surface area contributed by atoms with Crippen LogP contribution >= 0.6 is 0 Å². The molecule has 4 N–H and O–H groups in total. The van der Waals surface area contributed by atoms with Crippen molar-refractivity contribution in [3.63, 3.8) is 0 Å². The van der Waals surface area contributed by atoms with Crippen molar-refractivity contribution in [2.75, 3.05) is 11.9 Å².